The van der Waals surface area contributed by atoms with Crippen molar-refractivity contribution >= 4 is 28.4 Å². The van der Waals surface area contributed by atoms with Crippen LogP contribution in [0, 0.1) is 11.8 Å². The number of carbonyl (C=O) groups excluding carboxylic acids is 1. The summed E-state index contributed by atoms with van der Waals surface area (Å²) in [5.74, 6) is 1.64. The molecule has 0 amide bonds. The molecule has 1 aliphatic carbocycles. The Kier molecular flexibility index (Phi) is 5.48. The van der Waals surface area contributed by atoms with E-state index in [4.69, 9.17) is 0 Å². The average Bonchev–Trinajstić information content (AvgIpc) is 2.34. The molecule has 0 spiro atoms. The van der Waals surface area contributed by atoms with Gasteiger partial charge in [-0.3, -0.25) is 9.69 Å². The molecule has 2 fully saturated rings. The Bertz CT molecular complexity index is 286. The minimum absolute atomic E-state index is 0.362. The molecule has 3 heteroatoms. The van der Waals surface area contributed by atoms with E-state index in [1.807, 2.05) is 0 Å². The number of halogens is 1. The Labute approximate surface area is 125 Å². The lowest BCUT2D eigenvalue weighted by Crippen LogP contribution is -2.45. The van der Waals surface area contributed by atoms with Crippen molar-refractivity contribution in [2.75, 3.05) is 13.1 Å². The quantitative estimate of drug-likeness (QED) is 0.563. The molecule has 0 aromatic carbocycles. The van der Waals surface area contributed by atoms with E-state index in [9.17, 15) is 4.79 Å². The van der Waals surface area contributed by atoms with Gasteiger partial charge in [-0.25, -0.2) is 0 Å². The molecule has 1 saturated heterocycles. The molecule has 2 nitrogen and oxygen atoms in total. The van der Waals surface area contributed by atoms with Crippen molar-refractivity contribution in [3.63, 3.8) is 0 Å². The molecule has 1 aliphatic heterocycles. The van der Waals surface area contributed by atoms with Crippen LogP contribution in [-0.2, 0) is 4.79 Å². The fourth-order valence-corrected chi connectivity index (χ4v) is 4.02. The summed E-state index contributed by atoms with van der Waals surface area (Å²) in [5.41, 5.74) is 0. The van der Waals surface area contributed by atoms with Gasteiger partial charge in [-0.1, -0.05) is 29.5 Å². The molecule has 0 N–H and O–H groups in total. The van der Waals surface area contributed by atoms with Crippen LogP contribution in [0.4, 0.5) is 0 Å². The first-order chi connectivity index (χ1) is 8.56. The van der Waals surface area contributed by atoms with Crippen LogP contribution in [0.15, 0.2) is 0 Å². The molecular weight excluding hydrogens is 337 g/mol. The zero-order valence-corrected chi connectivity index (χ0v) is 13.9. The molecule has 2 unspecified atom stereocenters. The monoisotopic (exact) mass is 363 g/mol. The minimum Gasteiger partial charge on any atom is -0.298 e. The molecule has 2 atom stereocenters. The van der Waals surface area contributed by atoms with E-state index in [0.717, 1.165) is 29.2 Å². The zero-order chi connectivity index (χ0) is 13.1. The van der Waals surface area contributed by atoms with Crippen molar-refractivity contribution in [3.8, 4) is 0 Å². The van der Waals surface area contributed by atoms with E-state index in [-0.39, 0.29) is 0 Å². The lowest BCUT2D eigenvalue weighted by atomic mass is 9.85. The molecule has 0 aromatic heterocycles. The summed E-state index contributed by atoms with van der Waals surface area (Å²) in [6.07, 6.45) is 7.32. The Hall–Kier alpha value is 0.360. The second-order valence-electron chi connectivity index (χ2n) is 6.38. The lowest BCUT2D eigenvalue weighted by Gasteiger charge is -2.37. The summed E-state index contributed by atoms with van der Waals surface area (Å²) >= 11 is 2.53. The van der Waals surface area contributed by atoms with Gasteiger partial charge in [-0.2, -0.15) is 0 Å². The van der Waals surface area contributed by atoms with Crippen molar-refractivity contribution < 1.29 is 4.79 Å². The summed E-state index contributed by atoms with van der Waals surface area (Å²) < 4.78 is 0.806. The Morgan fingerprint density at radius 1 is 1.11 bits per heavy atom. The normalized spacial score (nSPS) is 38.6. The van der Waals surface area contributed by atoms with Crippen molar-refractivity contribution in [3.05, 3.63) is 0 Å². The van der Waals surface area contributed by atoms with Crippen LogP contribution in [0.2, 0.25) is 0 Å². The molecule has 104 valence electrons. The topological polar surface area (TPSA) is 20.3 Å². The van der Waals surface area contributed by atoms with Crippen LogP contribution in [0.1, 0.15) is 52.4 Å². The fourth-order valence-electron chi connectivity index (χ4n) is 3.30. The first-order valence-corrected chi connectivity index (χ1v) is 8.71. The van der Waals surface area contributed by atoms with Crippen LogP contribution < -0.4 is 0 Å². The largest absolute Gasteiger partial charge is 0.298 e. The number of alkyl halides is 1. The van der Waals surface area contributed by atoms with Gasteiger partial charge in [0.25, 0.3) is 0 Å². The number of hydrogen-bond acceptors (Lipinski definition) is 2. The molecule has 0 radical (unpaired) electrons. The number of hydrogen-bond donors (Lipinski definition) is 0. The van der Waals surface area contributed by atoms with Crippen LogP contribution in [0.25, 0.3) is 0 Å². The molecule has 0 bridgehead atoms. The van der Waals surface area contributed by atoms with E-state index in [1.54, 1.807) is 0 Å². The predicted octanol–water partition coefficient (Wildman–Crippen LogP) is 3.67. The predicted molar refractivity (Wildman–Crippen MR) is 84.2 cm³/mol. The number of rotatable bonds is 3. The number of ketones is 1. The molecule has 2 aliphatic rings. The number of nitrogens with zero attached hydrogens (tertiary/aromatic N) is 1. The molecule has 18 heavy (non-hydrogen) atoms. The van der Waals surface area contributed by atoms with Crippen molar-refractivity contribution in [2.24, 2.45) is 11.8 Å². The van der Waals surface area contributed by atoms with E-state index >= 15 is 0 Å². The molecule has 1 saturated carbocycles. The first-order valence-electron chi connectivity index (χ1n) is 7.47. The third kappa shape index (κ3) is 3.92. The average molecular weight is 363 g/mol. The van der Waals surface area contributed by atoms with Gasteiger partial charge in [0.1, 0.15) is 5.78 Å². The smallest absolute Gasteiger partial charge is 0.149 e. The van der Waals surface area contributed by atoms with Gasteiger partial charge in [0.05, 0.1) is 6.54 Å². The highest BCUT2D eigenvalue weighted by molar-refractivity contribution is 14.1. The van der Waals surface area contributed by atoms with Gasteiger partial charge in [0.15, 0.2) is 0 Å². The van der Waals surface area contributed by atoms with Crippen LogP contribution in [-0.4, -0.2) is 33.7 Å². The minimum atomic E-state index is 0.362. The van der Waals surface area contributed by atoms with Crippen LogP contribution >= 0.6 is 22.6 Å². The van der Waals surface area contributed by atoms with Gasteiger partial charge in [-0.15, -0.1) is 0 Å². The number of piperidine rings is 1. The SMILES string of the molecule is CC1CCC(C)N(CC(=O)C2CCC(I)CC2)C1. The number of Topliss-reactive ketones (excluding diaryl/α,β-unsaturated/α-hetero) is 1. The van der Waals surface area contributed by atoms with Crippen LogP contribution in [0.3, 0.4) is 0 Å². The highest BCUT2D eigenvalue weighted by Gasteiger charge is 2.29. The van der Waals surface area contributed by atoms with Gasteiger partial charge >= 0.3 is 0 Å². The van der Waals surface area contributed by atoms with Crippen molar-refractivity contribution in [1.82, 2.24) is 4.90 Å². The van der Waals surface area contributed by atoms with Gasteiger partial charge in [0.2, 0.25) is 0 Å². The zero-order valence-electron chi connectivity index (χ0n) is 11.7. The van der Waals surface area contributed by atoms with Crippen molar-refractivity contribution in [1.29, 1.82) is 0 Å². The lowest BCUT2D eigenvalue weighted by molar-refractivity contribution is -0.126. The fraction of sp³-hybridized carbons (Fsp3) is 0.933. The second-order valence-corrected chi connectivity index (χ2v) is 8.14. The molecule has 1 heterocycles. The Balaban J connectivity index is 1.82. The highest BCUT2D eigenvalue weighted by Crippen LogP contribution is 2.30. The Morgan fingerprint density at radius 3 is 2.44 bits per heavy atom. The van der Waals surface area contributed by atoms with Gasteiger partial charge in [-0.05, 0) is 51.4 Å². The maximum absolute atomic E-state index is 12.4. The second kappa shape index (κ2) is 6.69. The van der Waals surface area contributed by atoms with Gasteiger partial charge in [0, 0.05) is 22.4 Å². The van der Waals surface area contributed by atoms with E-state index < -0.39 is 0 Å². The molecule has 0 aromatic rings. The van der Waals surface area contributed by atoms with Crippen molar-refractivity contribution in [2.45, 2.75) is 62.3 Å². The summed E-state index contributed by atoms with van der Waals surface area (Å²) in [6, 6.07) is 0.603. The number of carbonyl (C=O) groups is 1. The highest BCUT2D eigenvalue weighted by atomic mass is 127. The summed E-state index contributed by atoms with van der Waals surface area (Å²) in [6.45, 7) is 6.42. The third-order valence-corrected chi connectivity index (χ3v) is 5.96. The molecular formula is C15H26INO. The van der Waals surface area contributed by atoms with E-state index in [1.165, 1.54) is 25.7 Å². The van der Waals surface area contributed by atoms with E-state index in [0.29, 0.717) is 24.3 Å². The Morgan fingerprint density at radius 2 is 1.78 bits per heavy atom. The molecule has 2 rings (SSSR count). The summed E-state index contributed by atoms with van der Waals surface area (Å²) in [4.78, 5) is 14.8. The standard InChI is InChI=1S/C15H26INO/c1-11-3-4-12(2)17(9-11)10-15(18)13-5-7-14(16)8-6-13/h11-14H,3-10H2,1-2H3. The summed E-state index contributed by atoms with van der Waals surface area (Å²) in [5, 5.41) is 0. The maximum Gasteiger partial charge on any atom is 0.149 e. The van der Waals surface area contributed by atoms with Gasteiger partial charge < -0.3 is 0 Å². The van der Waals surface area contributed by atoms with Crippen LogP contribution in [0.5, 0.6) is 0 Å². The maximum atomic E-state index is 12.4. The number of likely N-dealkylation sites (tertiary alicyclic amines) is 1. The first kappa shape index (κ1) is 14.8. The van der Waals surface area contributed by atoms with E-state index in [2.05, 4.69) is 41.3 Å². The third-order valence-electron chi connectivity index (χ3n) is 4.72. The summed E-state index contributed by atoms with van der Waals surface area (Å²) in [7, 11) is 0.